The average Bonchev–Trinajstić information content (AvgIpc) is 2.78. The van der Waals surface area contributed by atoms with Crippen LogP contribution >= 0.6 is 11.3 Å². The van der Waals surface area contributed by atoms with Crippen molar-refractivity contribution in [2.45, 2.75) is 24.6 Å². The Morgan fingerprint density at radius 3 is 2.52 bits per heavy atom. The molecule has 0 spiro atoms. The van der Waals surface area contributed by atoms with Gasteiger partial charge in [0.25, 0.3) is 10.0 Å². The molecule has 1 aliphatic rings. The molecule has 2 rings (SSSR count). The summed E-state index contributed by atoms with van der Waals surface area (Å²) < 4.78 is 49.5. The zero-order valence-corrected chi connectivity index (χ0v) is 14.6. The molecule has 0 saturated carbocycles. The minimum atomic E-state index is -3.58. The maximum atomic E-state index is 12.6. The zero-order valence-electron chi connectivity index (χ0n) is 12.1. The normalized spacial score (nSPS) is 19.7. The van der Waals surface area contributed by atoms with E-state index < -0.39 is 19.9 Å². The second kappa shape index (κ2) is 6.33. The highest BCUT2D eigenvalue weighted by Gasteiger charge is 2.32. The van der Waals surface area contributed by atoms with Crippen LogP contribution in [0.3, 0.4) is 0 Å². The number of nitrogens with zero attached hydrogens (tertiary/aromatic N) is 1. The van der Waals surface area contributed by atoms with E-state index in [1.807, 2.05) is 13.8 Å². The molecule has 0 aromatic carbocycles. The van der Waals surface area contributed by atoms with Gasteiger partial charge in [0.2, 0.25) is 0 Å². The second-order valence-electron chi connectivity index (χ2n) is 5.01. The SMILES string of the molecule is CCNCc1sc(S(=O)(=O)N2CCS(=O)(=O)CC2)cc1C. The molecule has 0 unspecified atom stereocenters. The predicted octanol–water partition coefficient (Wildman–Crippen LogP) is 0.585. The summed E-state index contributed by atoms with van der Waals surface area (Å²) in [5.41, 5.74) is 0.948. The summed E-state index contributed by atoms with van der Waals surface area (Å²) in [5, 5.41) is 3.18. The Labute approximate surface area is 130 Å². The fourth-order valence-corrected chi connectivity index (χ4v) is 6.68. The molecular weight excluding hydrogens is 332 g/mol. The van der Waals surface area contributed by atoms with E-state index in [1.54, 1.807) is 6.07 Å². The largest absolute Gasteiger partial charge is 0.312 e. The molecule has 0 atom stereocenters. The van der Waals surface area contributed by atoms with Gasteiger partial charge in [-0.25, -0.2) is 16.8 Å². The standard InChI is InChI=1S/C12H20N2O4S3/c1-3-13-9-11-10(2)8-12(19-11)21(17,18)14-4-6-20(15,16)7-5-14/h8,13H,3-7,9H2,1-2H3. The lowest BCUT2D eigenvalue weighted by Crippen LogP contribution is -2.43. The van der Waals surface area contributed by atoms with Crippen LogP contribution in [-0.4, -0.2) is 52.3 Å². The van der Waals surface area contributed by atoms with E-state index in [9.17, 15) is 16.8 Å². The number of nitrogens with one attached hydrogen (secondary N) is 1. The fourth-order valence-electron chi connectivity index (χ4n) is 2.09. The van der Waals surface area contributed by atoms with Crippen molar-refractivity contribution < 1.29 is 16.8 Å². The van der Waals surface area contributed by atoms with Crippen LogP contribution in [0, 0.1) is 6.92 Å². The van der Waals surface area contributed by atoms with E-state index in [0.717, 1.165) is 17.0 Å². The van der Waals surface area contributed by atoms with E-state index in [4.69, 9.17) is 0 Å². The zero-order chi connectivity index (χ0) is 15.7. The van der Waals surface area contributed by atoms with Gasteiger partial charge in [0.1, 0.15) is 4.21 Å². The minimum absolute atomic E-state index is 0.0458. The lowest BCUT2D eigenvalue weighted by molar-refractivity contribution is 0.432. The quantitative estimate of drug-likeness (QED) is 0.838. The van der Waals surface area contributed by atoms with Crippen LogP contribution in [0.4, 0.5) is 0 Å². The van der Waals surface area contributed by atoms with Crippen LogP contribution in [0.2, 0.25) is 0 Å². The van der Waals surface area contributed by atoms with Crippen LogP contribution < -0.4 is 5.32 Å². The first-order chi connectivity index (χ1) is 9.76. The molecule has 21 heavy (non-hydrogen) atoms. The summed E-state index contributed by atoms with van der Waals surface area (Å²) in [6, 6.07) is 1.68. The Kier molecular flexibility index (Phi) is 5.09. The second-order valence-corrected chi connectivity index (χ2v) is 10.6. The molecule has 0 amide bonds. The van der Waals surface area contributed by atoms with Crippen molar-refractivity contribution in [2.75, 3.05) is 31.1 Å². The van der Waals surface area contributed by atoms with Gasteiger partial charge in [-0.3, -0.25) is 0 Å². The van der Waals surface area contributed by atoms with Gasteiger partial charge < -0.3 is 5.32 Å². The van der Waals surface area contributed by atoms with Crippen molar-refractivity contribution in [3.8, 4) is 0 Å². The lowest BCUT2D eigenvalue weighted by Gasteiger charge is -2.25. The van der Waals surface area contributed by atoms with Gasteiger partial charge in [0.15, 0.2) is 9.84 Å². The fraction of sp³-hybridized carbons (Fsp3) is 0.667. The Morgan fingerprint density at radius 1 is 1.33 bits per heavy atom. The molecule has 0 bridgehead atoms. The van der Waals surface area contributed by atoms with E-state index in [0.29, 0.717) is 10.8 Å². The number of hydrogen-bond acceptors (Lipinski definition) is 6. The first-order valence-electron chi connectivity index (χ1n) is 6.77. The Morgan fingerprint density at radius 2 is 1.95 bits per heavy atom. The van der Waals surface area contributed by atoms with Crippen molar-refractivity contribution >= 4 is 31.2 Å². The molecule has 6 nitrogen and oxygen atoms in total. The highest BCUT2D eigenvalue weighted by molar-refractivity contribution is 7.92. The third kappa shape index (κ3) is 3.84. The molecule has 1 aliphatic heterocycles. The Hall–Kier alpha value is -0.480. The first-order valence-corrected chi connectivity index (χ1v) is 10.8. The highest BCUT2D eigenvalue weighted by atomic mass is 32.2. The molecule has 1 N–H and O–H groups in total. The van der Waals surface area contributed by atoms with Crippen molar-refractivity contribution in [2.24, 2.45) is 0 Å². The topological polar surface area (TPSA) is 83.6 Å². The summed E-state index contributed by atoms with van der Waals surface area (Å²) in [5.74, 6) is -0.193. The smallest absolute Gasteiger partial charge is 0.252 e. The number of sulfonamides is 1. The van der Waals surface area contributed by atoms with Crippen molar-refractivity contribution in [3.05, 3.63) is 16.5 Å². The maximum absolute atomic E-state index is 12.6. The minimum Gasteiger partial charge on any atom is -0.312 e. The predicted molar refractivity (Wildman–Crippen MR) is 83.8 cm³/mol. The molecule has 1 fully saturated rings. The first kappa shape index (κ1) is 16.9. The van der Waals surface area contributed by atoms with Crippen LogP contribution in [0.25, 0.3) is 0 Å². The monoisotopic (exact) mass is 352 g/mol. The number of sulfone groups is 1. The Balaban J connectivity index is 2.20. The van der Waals surface area contributed by atoms with E-state index >= 15 is 0 Å². The Bertz CT molecular complexity index is 693. The molecule has 120 valence electrons. The maximum Gasteiger partial charge on any atom is 0.252 e. The molecule has 1 aromatic rings. The third-order valence-corrected chi connectivity index (χ3v) is 8.63. The summed E-state index contributed by atoms with van der Waals surface area (Å²) >= 11 is 1.26. The van der Waals surface area contributed by atoms with Gasteiger partial charge in [0, 0.05) is 24.5 Å². The summed E-state index contributed by atoms with van der Waals surface area (Å²) in [4.78, 5) is 1.00. The van der Waals surface area contributed by atoms with E-state index in [-0.39, 0.29) is 24.6 Å². The van der Waals surface area contributed by atoms with Gasteiger partial charge >= 0.3 is 0 Å². The van der Waals surface area contributed by atoms with Crippen LogP contribution in [0.1, 0.15) is 17.4 Å². The van der Waals surface area contributed by atoms with Crippen LogP contribution in [-0.2, 0) is 26.4 Å². The van der Waals surface area contributed by atoms with Crippen molar-refractivity contribution in [3.63, 3.8) is 0 Å². The highest BCUT2D eigenvalue weighted by Crippen LogP contribution is 2.29. The van der Waals surface area contributed by atoms with Crippen molar-refractivity contribution in [1.82, 2.24) is 9.62 Å². The molecule has 1 saturated heterocycles. The van der Waals surface area contributed by atoms with Gasteiger partial charge in [0.05, 0.1) is 11.5 Å². The van der Waals surface area contributed by atoms with E-state index in [1.165, 1.54) is 15.6 Å². The number of rotatable bonds is 5. The van der Waals surface area contributed by atoms with Gasteiger partial charge in [-0.05, 0) is 25.1 Å². The van der Waals surface area contributed by atoms with Gasteiger partial charge in [-0.2, -0.15) is 4.31 Å². The van der Waals surface area contributed by atoms with E-state index in [2.05, 4.69) is 5.32 Å². The molecule has 2 heterocycles. The molecule has 0 radical (unpaired) electrons. The number of thiophene rings is 1. The van der Waals surface area contributed by atoms with Gasteiger partial charge in [-0.15, -0.1) is 11.3 Å². The summed E-state index contributed by atoms with van der Waals surface area (Å²) in [6.07, 6.45) is 0. The average molecular weight is 353 g/mol. The van der Waals surface area contributed by atoms with Crippen LogP contribution in [0.15, 0.2) is 10.3 Å². The van der Waals surface area contributed by atoms with Gasteiger partial charge in [-0.1, -0.05) is 6.92 Å². The number of hydrogen-bond donors (Lipinski definition) is 1. The lowest BCUT2D eigenvalue weighted by atomic mass is 10.3. The molecular formula is C12H20N2O4S3. The van der Waals surface area contributed by atoms with Crippen LogP contribution in [0.5, 0.6) is 0 Å². The summed E-state index contributed by atoms with van der Waals surface area (Å²) in [6.45, 7) is 5.45. The molecule has 9 heteroatoms. The number of aryl methyl sites for hydroxylation is 1. The molecule has 0 aliphatic carbocycles. The summed E-state index contributed by atoms with van der Waals surface area (Å²) in [7, 11) is -6.67. The molecule has 1 aromatic heterocycles. The van der Waals surface area contributed by atoms with Crippen molar-refractivity contribution in [1.29, 1.82) is 0 Å². The third-order valence-electron chi connectivity index (χ3n) is 3.43.